The van der Waals surface area contributed by atoms with E-state index < -0.39 is 9.84 Å². The molecule has 1 aliphatic heterocycles. The third-order valence-corrected chi connectivity index (χ3v) is 6.27. The van der Waals surface area contributed by atoms with Gasteiger partial charge in [-0.05, 0) is 38.8 Å². The van der Waals surface area contributed by atoms with Crippen molar-refractivity contribution in [2.75, 3.05) is 28.3 Å². The zero-order chi connectivity index (χ0) is 18.0. The first kappa shape index (κ1) is 17.7. The van der Waals surface area contributed by atoms with Crippen molar-refractivity contribution in [2.45, 2.75) is 33.2 Å². The van der Waals surface area contributed by atoms with Crippen LogP contribution < -0.4 is 10.2 Å². The number of sulfone groups is 1. The second-order valence-corrected chi connectivity index (χ2v) is 8.67. The standard InChI is InChI=1S/C18H24N4O2S/c1-4-22(15-9-10-25(23,24)12-15)18-11-17(19-14(3)20-18)21-16-8-6-5-7-13(16)2/h5-8,11,15H,4,9-10,12H2,1-3H3,(H,19,20,21). The normalized spacial score (nSPS) is 18.9. The number of hydrogen-bond donors (Lipinski definition) is 1. The third-order valence-electron chi connectivity index (χ3n) is 4.52. The van der Waals surface area contributed by atoms with Crippen LogP contribution in [-0.4, -0.2) is 42.5 Å². The Morgan fingerprint density at radius 2 is 2.00 bits per heavy atom. The molecule has 1 unspecified atom stereocenters. The molecule has 0 radical (unpaired) electrons. The van der Waals surface area contributed by atoms with Crippen molar-refractivity contribution in [2.24, 2.45) is 0 Å². The highest BCUT2D eigenvalue weighted by atomic mass is 32.2. The topological polar surface area (TPSA) is 75.2 Å². The Hall–Kier alpha value is -2.15. The highest BCUT2D eigenvalue weighted by Gasteiger charge is 2.32. The van der Waals surface area contributed by atoms with Crippen LogP contribution in [0.5, 0.6) is 0 Å². The Balaban J connectivity index is 1.89. The Labute approximate surface area is 149 Å². The maximum absolute atomic E-state index is 11.8. The lowest BCUT2D eigenvalue weighted by atomic mass is 10.2. The Morgan fingerprint density at radius 3 is 2.64 bits per heavy atom. The molecule has 1 aromatic heterocycles. The van der Waals surface area contributed by atoms with Crippen LogP contribution in [0.4, 0.5) is 17.3 Å². The zero-order valence-electron chi connectivity index (χ0n) is 14.9. The fourth-order valence-electron chi connectivity index (χ4n) is 3.24. The molecular formula is C18H24N4O2S. The van der Waals surface area contributed by atoms with Crippen molar-refractivity contribution in [1.82, 2.24) is 9.97 Å². The van der Waals surface area contributed by atoms with E-state index in [4.69, 9.17) is 0 Å². The van der Waals surface area contributed by atoms with Crippen molar-refractivity contribution < 1.29 is 8.42 Å². The summed E-state index contributed by atoms with van der Waals surface area (Å²) in [5.74, 6) is 2.61. The number of aromatic nitrogens is 2. The van der Waals surface area contributed by atoms with Gasteiger partial charge in [0.1, 0.15) is 17.5 Å². The molecule has 2 heterocycles. The molecular weight excluding hydrogens is 336 g/mol. The van der Waals surface area contributed by atoms with Gasteiger partial charge in [0.25, 0.3) is 0 Å². The number of nitrogens with zero attached hydrogens (tertiary/aromatic N) is 3. The molecule has 0 saturated carbocycles. The van der Waals surface area contributed by atoms with E-state index in [0.717, 1.165) is 22.9 Å². The van der Waals surface area contributed by atoms with Crippen LogP contribution in [0.25, 0.3) is 0 Å². The minimum Gasteiger partial charge on any atom is -0.353 e. The molecule has 1 saturated heterocycles. The molecule has 3 rings (SSSR count). The average Bonchev–Trinajstić information content (AvgIpc) is 2.90. The van der Waals surface area contributed by atoms with Crippen LogP contribution >= 0.6 is 0 Å². The first-order valence-corrected chi connectivity index (χ1v) is 10.4. The van der Waals surface area contributed by atoms with Gasteiger partial charge in [-0.1, -0.05) is 18.2 Å². The van der Waals surface area contributed by atoms with E-state index in [1.165, 1.54) is 0 Å². The average molecular weight is 360 g/mol. The maximum atomic E-state index is 11.8. The highest BCUT2D eigenvalue weighted by Crippen LogP contribution is 2.26. The summed E-state index contributed by atoms with van der Waals surface area (Å²) in [6, 6.07) is 9.90. The molecule has 1 atom stereocenters. The second kappa shape index (κ2) is 7.00. The van der Waals surface area contributed by atoms with E-state index in [2.05, 4.69) is 20.2 Å². The molecule has 0 bridgehead atoms. The Morgan fingerprint density at radius 1 is 1.24 bits per heavy atom. The molecule has 2 aromatic rings. The first-order valence-electron chi connectivity index (χ1n) is 8.53. The summed E-state index contributed by atoms with van der Waals surface area (Å²) in [6.07, 6.45) is 0.653. The number of rotatable bonds is 5. The van der Waals surface area contributed by atoms with Crippen molar-refractivity contribution in [3.63, 3.8) is 0 Å². The van der Waals surface area contributed by atoms with Gasteiger partial charge in [0.05, 0.1) is 11.5 Å². The van der Waals surface area contributed by atoms with Crippen LogP contribution in [0.2, 0.25) is 0 Å². The zero-order valence-corrected chi connectivity index (χ0v) is 15.7. The van der Waals surface area contributed by atoms with Gasteiger partial charge in [0.15, 0.2) is 9.84 Å². The Bertz CT molecular complexity index is 867. The lowest BCUT2D eigenvalue weighted by Gasteiger charge is -2.28. The van der Waals surface area contributed by atoms with E-state index in [9.17, 15) is 8.42 Å². The van der Waals surface area contributed by atoms with Gasteiger partial charge in [0.2, 0.25) is 0 Å². The molecule has 6 nitrogen and oxygen atoms in total. The predicted octanol–water partition coefficient (Wildman–Crippen LogP) is 2.85. The minimum absolute atomic E-state index is 0.0180. The van der Waals surface area contributed by atoms with Crippen molar-refractivity contribution in [3.8, 4) is 0 Å². The van der Waals surface area contributed by atoms with Gasteiger partial charge in [-0.15, -0.1) is 0 Å². The molecule has 134 valence electrons. The summed E-state index contributed by atoms with van der Waals surface area (Å²) in [5.41, 5.74) is 2.13. The number of aryl methyl sites for hydroxylation is 2. The van der Waals surface area contributed by atoms with Crippen molar-refractivity contribution in [3.05, 3.63) is 41.7 Å². The van der Waals surface area contributed by atoms with Crippen LogP contribution in [-0.2, 0) is 9.84 Å². The van der Waals surface area contributed by atoms with E-state index in [0.29, 0.717) is 18.8 Å². The lowest BCUT2D eigenvalue weighted by Crippen LogP contribution is -2.37. The van der Waals surface area contributed by atoms with Crippen LogP contribution in [0.1, 0.15) is 24.7 Å². The largest absolute Gasteiger partial charge is 0.353 e. The van der Waals surface area contributed by atoms with E-state index in [-0.39, 0.29) is 17.5 Å². The third kappa shape index (κ3) is 4.10. The molecule has 1 aliphatic rings. The monoisotopic (exact) mass is 360 g/mol. The predicted molar refractivity (Wildman–Crippen MR) is 101 cm³/mol. The van der Waals surface area contributed by atoms with E-state index in [1.54, 1.807) is 0 Å². The lowest BCUT2D eigenvalue weighted by molar-refractivity contribution is 0.599. The number of benzene rings is 1. The summed E-state index contributed by atoms with van der Waals surface area (Å²) in [6.45, 7) is 6.63. The summed E-state index contributed by atoms with van der Waals surface area (Å²) in [4.78, 5) is 11.1. The number of hydrogen-bond acceptors (Lipinski definition) is 6. The summed E-state index contributed by atoms with van der Waals surface area (Å²) < 4.78 is 23.7. The van der Waals surface area contributed by atoms with Crippen molar-refractivity contribution >= 4 is 27.2 Å². The van der Waals surface area contributed by atoms with E-state index in [1.807, 2.05) is 51.1 Å². The van der Waals surface area contributed by atoms with Crippen LogP contribution in [0.3, 0.4) is 0 Å². The van der Waals surface area contributed by atoms with Gasteiger partial charge in [-0.2, -0.15) is 0 Å². The minimum atomic E-state index is -2.93. The fourth-order valence-corrected chi connectivity index (χ4v) is 4.97. The first-order chi connectivity index (χ1) is 11.9. The van der Waals surface area contributed by atoms with Gasteiger partial charge in [-0.3, -0.25) is 0 Å². The van der Waals surface area contributed by atoms with Gasteiger partial charge >= 0.3 is 0 Å². The quantitative estimate of drug-likeness (QED) is 0.884. The van der Waals surface area contributed by atoms with Crippen molar-refractivity contribution in [1.29, 1.82) is 0 Å². The molecule has 1 fully saturated rings. The fraction of sp³-hybridized carbons (Fsp3) is 0.444. The maximum Gasteiger partial charge on any atom is 0.152 e. The SMILES string of the molecule is CCN(c1cc(Nc2ccccc2C)nc(C)n1)C1CCS(=O)(=O)C1. The summed E-state index contributed by atoms with van der Waals surface area (Å²) >= 11 is 0. The number of anilines is 3. The van der Waals surface area contributed by atoms with Crippen LogP contribution in [0.15, 0.2) is 30.3 Å². The molecule has 0 aliphatic carbocycles. The molecule has 0 spiro atoms. The van der Waals surface area contributed by atoms with Crippen LogP contribution in [0, 0.1) is 13.8 Å². The number of para-hydroxylation sites is 1. The molecule has 7 heteroatoms. The molecule has 1 aromatic carbocycles. The molecule has 25 heavy (non-hydrogen) atoms. The molecule has 0 amide bonds. The molecule has 1 N–H and O–H groups in total. The second-order valence-electron chi connectivity index (χ2n) is 6.44. The van der Waals surface area contributed by atoms with Gasteiger partial charge in [-0.25, -0.2) is 18.4 Å². The summed E-state index contributed by atoms with van der Waals surface area (Å²) in [5, 5.41) is 3.34. The number of nitrogens with one attached hydrogen (secondary N) is 1. The highest BCUT2D eigenvalue weighted by molar-refractivity contribution is 7.91. The van der Waals surface area contributed by atoms with Gasteiger partial charge in [0, 0.05) is 24.3 Å². The Kier molecular flexibility index (Phi) is 4.94. The summed E-state index contributed by atoms with van der Waals surface area (Å²) in [7, 11) is -2.93. The van der Waals surface area contributed by atoms with E-state index >= 15 is 0 Å². The van der Waals surface area contributed by atoms with Gasteiger partial charge < -0.3 is 10.2 Å². The smallest absolute Gasteiger partial charge is 0.152 e.